The van der Waals surface area contributed by atoms with E-state index in [1.807, 2.05) is 17.0 Å². The second kappa shape index (κ2) is 4.18. The largest absolute Gasteiger partial charge is 0.339 e. The van der Waals surface area contributed by atoms with E-state index in [9.17, 15) is 4.79 Å². The third-order valence-corrected chi connectivity index (χ3v) is 2.69. The van der Waals surface area contributed by atoms with Crippen molar-refractivity contribution in [1.29, 1.82) is 0 Å². The summed E-state index contributed by atoms with van der Waals surface area (Å²) in [6.07, 6.45) is 7.49. The lowest BCUT2D eigenvalue weighted by molar-refractivity contribution is 0.0793. The SMILES string of the molecule is C#Cc1ccc(C(=O)N2CCCC2)cc1. The van der Waals surface area contributed by atoms with Gasteiger partial charge in [-0.3, -0.25) is 4.79 Å². The number of hydrogen-bond donors (Lipinski definition) is 0. The van der Waals surface area contributed by atoms with Gasteiger partial charge in [-0.15, -0.1) is 6.42 Å². The van der Waals surface area contributed by atoms with Gasteiger partial charge in [0.25, 0.3) is 5.91 Å². The molecule has 0 unspecified atom stereocenters. The molecule has 1 aromatic carbocycles. The molecule has 2 nitrogen and oxygen atoms in total. The number of hydrogen-bond acceptors (Lipinski definition) is 1. The molecule has 1 aliphatic rings. The predicted octanol–water partition coefficient (Wildman–Crippen LogP) is 1.90. The molecule has 15 heavy (non-hydrogen) atoms. The van der Waals surface area contributed by atoms with Crippen molar-refractivity contribution in [2.45, 2.75) is 12.8 Å². The van der Waals surface area contributed by atoms with Gasteiger partial charge in [0.15, 0.2) is 0 Å². The third-order valence-electron chi connectivity index (χ3n) is 2.69. The highest BCUT2D eigenvalue weighted by atomic mass is 16.2. The van der Waals surface area contributed by atoms with Gasteiger partial charge in [0.2, 0.25) is 0 Å². The number of amides is 1. The van der Waals surface area contributed by atoms with E-state index in [2.05, 4.69) is 5.92 Å². The Morgan fingerprint density at radius 1 is 1.20 bits per heavy atom. The molecule has 2 heteroatoms. The minimum absolute atomic E-state index is 0.121. The molecule has 1 saturated heterocycles. The molecule has 76 valence electrons. The van der Waals surface area contributed by atoms with Gasteiger partial charge in [-0.2, -0.15) is 0 Å². The summed E-state index contributed by atoms with van der Waals surface area (Å²) in [4.78, 5) is 13.8. The molecule has 0 atom stereocenters. The normalized spacial score (nSPS) is 15.0. The summed E-state index contributed by atoms with van der Waals surface area (Å²) in [7, 11) is 0. The van der Waals surface area contributed by atoms with E-state index in [1.54, 1.807) is 12.1 Å². The molecule has 1 amide bonds. The molecule has 0 radical (unpaired) electrons. The maximum Gasteiger partial charge on any atom is 0.253 e. The summed E-state index contributed by atoms with van der Waals surface area (Å²) >= 11 is 0. The molecule has 1 aliphatic heterocycles. The first-order valence-corrected chi connectivity index (χ1v) is 5.17. The fourth-order valence-corrected chi connectivity index (χ4v) is 1.81. The summed E-state index contributed by atoms with van der Waals surface area (Å²) < 4.78 is 0. The number of nitrogens with zero attached hydrogens (tertiary/aromatic N) is 1. The molecule has 1 heterocycles. The van der Waals surface area contributed by atoms with E-state index in [1.165, 1.54) is 0 Å². The summed E-state index contributed by atoms with van der Waals surface area (Å²) in [5, 5.41) is 0. The van der Waals surface area contributed by atoms with Crippen molar-refractivity contribution in [2.24, 2.45) is 0 Å². The highest BCUT2D eigenvalue weighted by Gasteiger charge is 2.18. The first-order chi connectivity index (χ1) is 7.31. The minimum atomic E-state index is 0.121. The number of rotatable bonds is 1. The quantitative estimate of drug-likeness (QED) is 0.633. The van der Waals surface area contributed by atoms with Gasteiger partial charge in [0.1, 0.15) is 0 Å². The standard InChI is InChI=1S/C13H13NO/c1-2-11-5-7-12(8-6-11)13(15)14-9-3-4-10-14/h1,5-8H,3-4,9-10H2. The van der Waals surface area contributed by atoms with Crippen molar-refractivity contribution in [3.8, 4) is 12.3 Å². The lowest BCUT2D eigenvalue weighted by atomic mass is 10.1. The number of likely N-dealkylation sites (tertiary alicyclic amines) is 1. The van der Waals surface area contributed by atoms with Crippen molar-refractivity contribution >= 4 is 5.91 Å². The Labute approximate surface area is 89.9 Å². The van der Waals surface area contributed by atoms with Crippen LogP contribution in [0.3, 0.4) is 0 Å². The van der Waals surface area contributed by atoms with Crippen LogP contribution in [0.2, 0.25) is 0 Å². The molecular weight excluding hydrogens is 186 g/mol. The fraction of sp³-hybridized carbons (Fsp3) is 0.308. The van der Waals surface area contributed by atoms with Gasteiger partial charge in [-0.25, -0.2) is 0 Å². The Morgan fingerprint density at radius 3 is 2.33 bits per heavy atom. The zero-order chi connectivity index (χ0) is 10.7. The lowest BCUT2D eigenvalue weighted by Gasteiger charge is -2.14. The van der Waals surface area contributed by atoms with Crippen LogP contribution in [-0.2, 0) is 0 Å². The molecule has 0 spiro atoms. The number of benzene rings is 1. The van der Waals surface area contributed by atoms with Crippen LogP contribution in [0.4, 0.5) is 0 Å². The lowest BCUT2D eigenvalue weighted by Crippen LogP contribution is -2.27. The Balaban J connectivity index is 2.15. The van der Waals surface area contributed by atoms with Crippen molar-refractivity contribution < 1.29 is 4.79 Å². The smallest absolute Gasteiger partial charge is 0.253 e. The zero-order valence-electron chi connectivity index (χ0n) is 8.57. The van der Waals surface area contributed by atoms with E-state index in [0.29, 0.717) is 0 Å². The molecule has 1 aromatic rings. The van der Waals surface area contributed by atoms with Gasteiger partial charge < -0.3 is 4.90 Å². The Morgan fingerprint density at radius 2 is 1.80 bits per heavy atom. The van der Waals surface area contributed by atoms with E-state index in [4.69, 9.17) is 6.42 Å². The summed E-state index contributed by atoms with van der Waals surface area (Å²) in [5.74, 6) is 2.66. The summed E-state index contributed by atoms with van der Waals surface area (Å²) in [6.45, 7) is 1.77. The Hall–Kier alpha value is -1.75. The van der Waals surface area contributed by atoms with E-state index >= 15 is 0 Å². The van der Waals surface area contributed by atoms with Gasteiger partial charge >= 0.3 is 0 Å². The third kappa shape index (κ3) is 2.02. The topological polar surface area (TPSA) is 20.3 Å². The molecule has 0 aromatic heterocycles. The average molecular weight is 199 g/mol. The molecule has 1 fully saturated rings. The minimum Gasteiger partial charge on any atom is -0.339 e. The highest BCUT2D eigenvalue weighted by Crippen LogP contribution is 2.13. The number of carbonyl (C=O) groups is 1. The van der Waals surface area contributed by atoms with Crippen LogP contribution in [0, 0.1) is 12.3 Å². The summed E-state index contributed by atoms with van der Waals surface area (Å²) in [5.41, 5.74) is 1.55. The van der Waals surface area contributed by atoms with Crippen LogP contribution in [0.1, 0.15) is 28.8 Å². The second-order valence-corrected chi connectivity index (χ2v) is 3.72. The van der Waals surface area contributed by atoms with Gasteiger partial charge in [-0.1, -0.05) is 5.92 Å². The Kier molecular flexibility index (Phi) is 2.73. The summed E-state index contributed by atoms with van der Waals surface area (Å²) in [6, 6.07) is 7.22. The number of carbonyl (C=O) groups excluding carboxylic acids is 1. The van der Waals surface area contributed by atoms with Crippen LogP contribution in [-0.4, -0.2) is 23.9 Å². The maximum atomic E-state index is 11.9. The van der Waals surface area contributed by atoms with E-state index in [0.717, 1.165) is 37.1 Å². The van der Waals surface area contributed by atoms with E-state index < -0.39 is 0 Å². The van der Waals surface area contributed by atoms with Gasteiger partial charge in [0.05, 0.1) is 0 Å². The predicted molar refractivity (Wildman–Crippen MR) is 59.5 cm³/mol. The molecule has 0 bridgehead atoms. The molecule has 0 aliphatic carbocycles. The second-order valence-electron chi connectivity index (χ2n) is 3.72. The van der Waals surface area contributed by atoms with Crippen molar-refractivity contribution in [1.82, 2.24) is 4.90 Å². The van der Waals surface area contributed by atoms with Crippen molar-refractivity contribution in [3.05, 3.63) is 35.4 Å². The van der Waals surface area contributed by atoms with Crippen LogP contribution < -0.4 is 0 Å². The monoisotopic (exact) mass is 199 g/mol. The number of terminal acetylenes is 1. The highest BCUT2D eigenvalue weighted by molar-refractivity contribution is 5.94. The zero-order valence-corrected chi connectivity index (χ0v) is 8.57. The van der Waals surface area contributed by atoms with Crippen LogP contribution in [0.25, 0.3) is 0 Å². The van der Waals surface area contributed by atoms with Crippen molar-refractivity contribution in [2.75, 3.05) is 13.1 Å². The van der Waals surface area contributed by atoms with Crippen LogP contribution in [0.15, 0.2) is 24.3 Å². The van der Waals surface area contributed by atoms with Gasteiger partial charge in [0, 0.05) is 24.2 Å². The fourth-order valence-electron chi connectivity index (χ4n) is 1.81. The molecular formula is C13H13NO. The molecule has 0 saturated carbocycles. The first-order valence-electron chi connectivity index (χ1n) is 5.17. The maximum absolute atomic E-state index is 11.9. The van der Waals surface area contributed by atoms with Crippen LogP contribution in [0.5, 0.6) is 0 Å². The van der Waals surface area contributed by atoms with Crippen molar-refractivity contribution in [3.63, 3.8) is 0 Å². The molecule has 0 N–H and O–H groups in total. The van der Waals surface area contributed by atoms with Gasteiger partial charge in [-0.05, 0) is 37.1 Å². The average Bonchev–Trinajstić information content (AvgIpc) is 2.82. The first kappa shape index (κ1) is 9.79. The van der Waals surface area contributed by atoms with E-state index in [-0.39, 0.29) is 5.91 Å². The van der Waals surface area contributed by atoms with Crippen LogP contribution >= 0.6 is 0 Å². The molecule has 2 rings (SSSR count). The Bertz CT molecular complexity index is 394.